The molecule has 1 heterocycles. The minimum atomic E-state index is 0.0450. The van der Waals surface area contributed by atoms with Gasteiger partial charge in [-0.1, -0.05) is 38.3 Å². The lowest BCUT2D eigenvalue weighted by Crippen LogP contribution is -2.23. The summed E-state index contributed by atoms with van der Waals surface area (Å²) in [5, 5.41) is 3.19. The molecule has 3 nitrogen and oxygen atoms in total. The molecule has 0 fully saturated rings. The van der Waals surface area contributed by atoms with Gasteiger partial charge >= 0.3 is 0 Å². The Hall–Kier alpha value is -1.09. The van der Waals surface area contributed by atoms with Crippen molar-refractivity contribution in [2.24, 2.45) is 5.92 Å². The van der Waals surface area contributed by atoms with Crippen molar-refractivity contribution in [2.45, 2.75) is 39.5 Å². The van der Waals surface area contributed by atoms with Gasteiger partial charge in [0.25, 0.3) is 0 Å². The third-order valence-corrected chi connectivity index (χ3v) is 2.96. The van der Waals surface area contributed by atoms with Crippen LogP contribution in [0.2, 0.25) is 5.15 Å². The van der Waals surface area contributed by atoms with Gasteiger partial charge in [-0.05, 0) is 25.0 Å². The van der Waals surface area contributed by atoms with E-state index < -0.39 is 0 Å². The van der Waals surface area contributed by atoms with Crippen LogP contribution >= 0.6 is 11.6 Å². The van der Waals surface area contributed by atoms with Gasteiger partial charge in [0, 0.05) is 12.1 Å². The molecule has 0 aliphatic heterocycles. The van der Waals surface area contributed by atoms with Crippen LogP contribution in [0, 0.1) is 5.92 Å². The Morgan fingerprint density at radius 3 is 2.59 bits per heavy atom. The van der Waals surface area contributed by atoms with Crippen LogP contribution in [0.5, 0.6) is 0 Å². The Morgan fingerprint density at radius 1 is 1.41 bits per heavy atom. The summed E-state index contributed by atoms with van der Waals surface area (Å²) < 4.78 is 0. The number of rotatable bonds is 6. The molecule has 94 valence electrons. The Morgan fingerprint density at radius 2 is 2.06 bits per heavy atom. The first-order chi connectivity index (χ1) is 8.19. The number of carbonyl (C=O) groups is 1. The maximum atomic E-state index is 12.0. The highest BCUT2D eigenvalue weighted by Crippen LogP contribution is 2.21. The van der Waals surface area contributed by atoms with E-state index in [1.807, 2.05) is 0 Å². The minimum absolute atomic E-state index is 0.0450. The molecular formula is C13H19ClN2O. The Balaban J connectivity index is 2.66. The number of aromatic nitrogens is 1. The molecule has 0 aliphatic rings. The number of pyridine rings is 1. The molecule has 4 heteroatoms. The number of nitrogens with zero attached hydrogens (tertiary/aromatic N) is 1. The van der Waals surface area contributed by atoms with E-state index >= 15 is 0 Å². The molecule has 17 heavy (non-hydrogen) atoms. The van der Waals surface area contributed by atoms with Crippen molar-refractivity contribution in [3.63, 3.8) is 0 Å². The Bertz CT molecular complexity index is 362. The van der Waals surface area contributed by atoms with Gasteiger partial charge in [-0.25, -0.2) is 4.98 Å². The van der Waals surface area contributed by atoms with Crippen molar-refractivity contribution >= 4 is 23.2 Å². The summed E-state index contributed by atoms with van der Waals surface area (Å²) in [5.74, 6) is 0.116. The summed E-state index contributed by atoms with van der Waals surface area (Å²) in [6, 6.07) is 3.53. The van der Waals surface area contributed by atoms with Crippen LogP contribution in [0.1, 0.15) is 39.5 Å². The molecule has 0 radical (unpaired) electrons. The highest BCUT2D eigenvalue weighted by Gasteiger charge is 2.17. The van der Waals surface area contributed by atoms with E-state index in [4.69, 9.17) is 11.6 Å². The molecule has 0 spiro atoms. The molecule has 0 aromatic carbocycles. The molecule has 1 N–H and O–H groups in total. The second-order valence-corrected chi connectivity index (χ2v) is 4.46. The first-order valence-electron chi connectivity index (χ1n) is 6.10. The number of halogens is 1. The van der Waals surface area contributed by atoms with Gasteiger partial charge in [0.2, 0.25) is 5.91 Å². The van der Waals surface area contributed by atoms with Crippen LogP contribution in [-0.2, 0) is 4.79 Å². The molecule has 0 unspecified atom stereocenters. The van der Waals surface area contributed by atoms with Gasteiger partial charge < -0.3 is 5.32 Å². The van der Waals surface area contributed by atoms with Crippen LogP contribution < -0.4 is 5.32 Å². The van der Waals surface area contributed by atoms with Gasteiger partial charge in [-0.2, -0.15) is 0 Å². The highest BCUT2D eigenvalue weighted by atomic mass is 35.5. The van der Waals surface area contributed by atoms with Crippen molar-refractivity contribution in [3.8, 4) is 0 Å². The molecule has 1 rings (SSSR count). The first kappa shape index (κ1) is 14.0. The van der Waals surface area contributed by atoms with E-state index in [1.165, 1.54) is 0 Å². The van der Waals surface area contributed by atoms with Gasteiger partial charge in [0.1, 0.15) is 0 Å². The summed E-state index contributed by atoms with van der Waals surface area (Å²) in [5.41, 5.74) is 0.594. The second kappa shape index (κ2) is 7.28. The number of amides is 1. The summed E-state index contributed by atoms with van der Waals surface area (Å²) in [6.07, 6.45) is 5.46. The summed E-state index contributed by atoms with van der Waals surface area (Å²) in [4.78, 5) is 16.0. The van der Waals surface area contributed by atoms with E-state index in [2.05, 4.69) is 24.1 Å². The van der Waals surface area contributed by atoms with Crippen LogP contribution in [-0.4, -0.2) is 10.9 Å². The Labute approximate surface area is 108 Å². The zero-order valence-electron chi connectivity index (χ0n) is 10.4. The molecule has 0 saturated heterocycles. The lowest BCUT2D eigenvalue weighted by Gasteiger charge is -2.15. The monoisotopic (exact) mass is 254 g/mol. The molecule has 0 aliphatic carbocycles. The summed E-state index contributed by atoms with van der Waals surface area (Å²) in [6.45, 7) is 4.18. The van der Waals surface area contributed by atoms with Gasteiger partial charge in [0.05, 0.1) is 5.69 Å². The fraction of sp³-hybridized carbons (Fsp3) is 0.538. The normalized spacial score (nSPS) is 10.6. The van der Waals surface area contributed by atoms with Crippen LogP contribution in [0.4, 0.5) is 5.69 Å². The zero-order valence-corrected chi connectivity index (χ0v) is 11.1. The maximum absolute atomic E-state index is 12.0. The van der Waals surface area contributed by atoms with Crippen molar-refractivity contribution in [1.29, 1.82) is 0 Å². The molecule has 0 saturated carbocycles. The van der Waals surface area contributed by atoms with Crippen molar-refractivity contribution < 1.29 is 4.79 Å². The lowest BCUT2D eigenvalue weighted by molar-refractivity contribution is -0.120. The van der Waals surface area contributed by atoms with E-state index in [0.29, 0.717) is 10.8 Å². The molecular weight excluding hydrogens is 236 g/mol. The lowest BCUT2D eigenvalue weighted by atomic mass is 9.97. The van der Waals surface area contributed by atoms with Crippen LogP contribution in [0.3, 0.4) is 0 Å². The maximum Gasteiger partial charge on any atom is 0.227 e. The number of nitrogens with one attached hydrogen (secondary N) is 1. The van der Waals surface area contributed by atoms with Crippen molar-refractivity contribution in [1.82, 2.24) is 4.98 Å². The van der Waals surface area contributed by atoms with Gasteiger partial charge in [-0.15, -0.1) is 0 Å². The Kier molecular flexibility index (Phi) is 5.98. The fourth-order valence-electron chi connectivity index (χ4n) is 1.82. The zero-order chi connectivity index (χ0) is 12.7. The van der Waals surface area contributed by atoms with Crippen molar-refractivity contribution in [3.05, 3.63) is 23.5 Å². The average molecular weight is 255 g/mol. The second-order valence-electron chi connectivity index (χ2n) is 4.11. The number of anilines is 1. The SMILES string of the molecule is CCCC(CCC)C(=O)Nc1cccnc1Cl. The van der Waals surface area contributed by atoms with Crippen molar-refractivity contribution in [2.75, 3.05) is 5.32 Å². The van der Waals surface area contributed by atoms with E-state index in [0.717, 1.165) is 25.7 Å². The topological polar surface area (TPSA) is 42.0 Å². The average Bonchev–Trinajstić information content (AvgIpc) is 2.32. The summed E-state index contributed by atoms with van der Waals surface area (Å²) in [7, 11) is 0. The minimum Gasteiger partial charge on any atom is -0.323 e. The highest BCUT2D eigenvalue weighted by molar-refractivity contribution is 6.32. The van der Waals surface area contributed by atoms with Crippen LogP contribution in [0.15, 0.2) is 18.3 Å². The van der Waals surface area contributed by atoms with Gasteiger partial charge in [-0.3, -0.25) is 4.79 Å². The van der Waals surface area contributed by atoms with E-state index in [-0.39, 0.29) is 11.8 Å². The quantitative estimate of drug-likeness (QED) is 0.783. The fourth-order valence-corrected chi connectivity index (χ4v) is 1.98. The number of hydrogen-bond acceptors (Lipinski definition) is 2. The molecule has 0 bridgehead atoms. The van der Waals surface area contributed by atoms with E-state index in [9.17, 15) is 4.79 Å². The molecule has 1 aromatic heterocycles. The number of hydrogen-bond donors (Lipinski definition) is 1. The third kappa shape index (κ3) is 4.35. The van der Waals surface area contributed by atoms with E-state index in [1.54, 1.807) is 18.3 Å². The predicted octanol–water partition coefficient (Wildman–Crippen LogP) is 3.89. The summed E-state index contributed by atoms with van der Waals surface area (Å²) >= 11 is 5.90. The first-order valence-corrected chi connectivity index (χ1v) is 6.48. The number of carbonyl (C=O) groups excluding carboxylic acids is 1. The smallest absolute Gasteiger partial charge is 0.227 e. The standard InChI is InChI=1S/C13H19ClN2O/c1-3-6-10(7-4-2)13(17)16-11-8-5-9-15-12(11)14/h5,8-10H,3-4,6-7H2,1-2H3,(H,16,17). The van der Waals surface area contributed by atoms with Crippen LogP contribution in [0.25, 0.3) is 0 Å². The third-order valence-electron chi connectivity index (χ3n) is 2.66. The largest absolute Gasteiger partial charge is 0.323 e. The molecule has 1 amide bonds. The predicted molar refractivity (Wildman–Crippen MR) is 71.2 cm³/mol. The molecule has 0 atom stereocenters. The van der Waals surface area contributed by atoms with Gasteiger partial charge in [0.15, 0.2) is 5.15 Å². The molecule has 1 aromatic rings.